The fourth-order valence-corrected chi connectivity index (χ4v) is 3.45. The highest BCUT2D eigenvalue weighted by Gasteiger charge is 2.33. The predicted molar refractivity (Wildman–Crippen MR) is 64.8 cm³/mol. The maximum Gasteiger partial charge on any atom is -0.00195 e. The fraction of sp³-hybridized carbons (Fsp3) is 1.00. The summed E-state index contributed by atoms with van der Waals surface area (Å²) in [5.74, 6) is 0.986. The van der Waals surface area contributed by atoms with Crippen LogP contribution in [0, 0.1) is 11.3 Å². The molecule has 1 aliphatic carbocycles. The fourth-order valence-electron chi connectivity index (χ4n) is 3.45. The molecule has 1 saturated carbocycles. The molecule has 0 atom stereocenters. The Hall–Kier alpha value is -0.0800. The Bertz CT molecular complexity index is 179. The van der Waals surface area contributed by atoms with Gasteiger partial charge in [0.05, 0.1) is 0 Å². The molecule has 1 saturated heterocycles. The molecule has 0 radical (unpaired) electrons. The molecule has 2 fully saturated rings. The van der Waals surface area contributed by atoms with Gasteiger partial charge in [-0.05, 0) is 50.2 Å². The Morgan fingerprint density at radius 2 is 1.73 bits per heavy atom. The first-order valence-corrected chi connectivity index (χ1v) is 6.75. The molecule has 2 nitrogen and oxygen atoms in total. The smallest absolute Gasteiger partial charge is 0.00195 e. The molecular formula is C13H26N2. The number of rotatable bonds is 3. The summed E-state index contributed by atoms with van der Waals surface area (Å²) >= 11 is 0. The molecule has 0 bridgehead atoms. The molecule has 88 valence electrons. The minimum absolute atomic E-state index is 0.493. The van der Waals surface area contributed by atoms with E-state index >= 15 is 0 Å². The first kappa shape index (κ1) is 11.4. The van der Waals surface area contributed by atoms with E-state index in [4.69, 9.17) is 5.73 Å². The van der Waals surface area contributed by atoms with E-state index in [0.717, 1.165) is 12.5 Å². The maximum absolute atomic E-state index is 6.03. The summed E-state index contributed by atoms with van der Waals surface area (Å²) in [6.45, 7) is 3.28. The third kappa shape index (κ3) is 2.94. The highest BCUT2D eigenvalue weighted by Crippen LogP contribution is 2.39. The quantitative estimate of drug-likeness (QED) is 0.750. The van der Waals surface area contributed by atoms with Gasteiger partial charge in [0.15, 0.2) is 0 Å². The van der Waals surface area contributed by atoms with Crippen molar-refractivity contribution in [2.45, 2.75) is 51.4 Å². The van der Waals surface area contributed by atoms with Crippen molar-refractivity contribution < 1.29 is 0 Å². The molecule has 3 N–H and O–H groups in total. The molecule has 2 aliphatic rings. The highest BCUT2D eigenvalue weighted by atomic mass is 14.9. The van der Waals surface area contributed by atoms with Gasteiger partial charge in [-0.15, -0.1) is 0 Å². The molecule has 1 aliphatic heterocycles. The minimum Gasteiger partial charge on any atom is -0.330 e. The summed E-state index contributed by atoms with van der Waals surface area (Å²) in [7, 11) is 0. The number of nitrogens with one attached hydrogen (secondary N) is 1. The van der Waals surface area contributed by atoms with Crippen molar-refractivity contribution in [3.8, 4) is 0 Å². The van der Waals surface area contributed by atoms with Crippen LogP contribution in [0.2, 0.25) is 0 Å². The largest absolute Gasteiger partial charge is 0.330 e. The molecule has 15 heavy (non-hydrogen) atoms. The lowest BCUT2D eigenvalue weighted by atomic mass is 9.69. The summed E-state index contributed by atoms with van der Waals surface area (Å²) in [5, 5.41) is 3.46. The van der Waals surface area contributed by atoms with Gasteiger partial charge in [-0.3, -0.25) is 0 Å². The minimum atomic E-state index is 0.493. The van der Waals surface area contributed by atoms with Gasteiger partial charge < -0.3 is 11.1 Å². The summed E-state index contributed by atoms with van der Waals surface area (Å²) in [6, 6.07) is 0. The van der Waals surface area contributed by atoms with Crippen LogP contribution in [0.1, 0.15) is 51.4 Å². The van der Waals surface area contributed by atoms with Crippen LogP contribution >= 0.6 is 0 Å². The van der Waals surface area contributed by atoms with E-state index in [1.165, 1.54) is 64.5 Å². The second-order valence-corrected chi connectivity index (χ2v) is 5.66. The van der Waals surface area contributed by atoms with E-state index in [1.807, 2.05) is 0 Å². The lowest BCUT2D eigenvalue weighted by Crippen LogP contribution is -2.42. The summed E-state index contributed by atoms with van der Waals surface area (Å²) < 4.78 is 0. The van der Waals surface area contributed by atoms with Crippen molar-refractivity contribution in [1.29, 1.82) is 0 Å². The van der Waals surface area contributed by atoms with E-state index in [0.29, 0.717) is 5.41 Å². The first-order chi connectivity index (χ1) is 7.35. The zero-order valence-electron chi connectivity index (χ0n) is 9.93. The van der Waals surface area contributed by atoms with Gasteiger partial charge in [-0.1, -0.05) is 32.1 Å². The normalized spacial score (nSPS) is 27.8. The average Bonchev–Trinajstić information content (AvgIpc) is 2.32. The average molecular weight is 210 g/mol. The Morgan fingerprint density at radius 1 is 1.07 bits per heavy atom. The van der Waals surface area contributed by atoms with Crippen molar-refractivity contribution in [3.63, 3.8) is 0 Å². The third-order valence-corrected chi connectivity index (χ3v) is 4.54. The molecular weight excluding hydrogens is 184 g/mol. The SMILES string of the molecule is NCC1(CC2CCCCC2)CCNCC1. The van der Waals surface area contributed by atoms with Crippen LogP contribution < -0.4 is 11.1 Å². The number of nitrogens with two attached hydrogens (primary N) is 1. The van der Waals surface area contributed by atoms with Crippen molar-refractivity contribution in [1.82, 2.24) is 5.32 Å². The summed E-state index contributed by atoms with van der Waals surface area (Å²) in [5.41, 5.74) is 6.52. The topological polar surface area (TPSA) is 38.0 Å². The standard InChI is InChI=1S/C13H26N2/c14-11-13(6-8-15-9-7-13)10-12-4-2-1-3-5-12/h12,15H,1-11,14H2. The third-order valence-electron chi connectivity index (χ3n) is 4.54. The van der Waals surface area contributed by atoms with Gasteiger partial charge in [0.25, 0.3) is 0 Å². The predicted octanol–water partition coefficient (Wildman–Crippen LogP) is 2.29. The Kier molecular flexibility index (Phi) is 4.04. The van der Waals surface area contributed by atoms with Crippen LogP contribution in [0.3, 0.4) is 0 Å². The number of hydrogen-bond donors (Lipinski definition) is 2. The van der Waals surface area contributed by atoms with Crippen molar-refractivity contribution in [2.75, 3.05) is 19.6 Å². The van der Waals surface area contributed by atoms with Crippen LogP contribution in [0.15, 0.2) is 0 Å². The van der Waals surface area contributed by atoms with E-state index < -0.39 is 0 Å². The van der Waals surface area contributed by atoms with Crippen LogP contribution in [0.4, 0.5) is 0 Å². The second kappa shape index (κ2) is 5.31. The van der Waals surface area contributed by atoms with Crippen LogP contribution in [-0.4, -0.2) is 19.6 Å². The van der Waals surface area contributed by atoms with Gasteiger partial charge >= 0.3 is 0 Å². The van der Waals surface area contributed by atoms with E-state index in [1.54, 1.807) is 0 Å². The van der Waals surface area contributed by atoms with Crippen LogP contribution in [0.25, 0.3) is 0 Å². The molecule has 0 spiro atoms. The first-order valence-electron chi connectivity index (χ1n) is 6.75. The van der Waals surface area contributed by atoms with Gasteiger partial charge in [0, 0.05) is 0 Å². The molecule has 0 amide bonds. The molecule has 2 rings (SSSR count). The van der Waals surface area contributed by atoms with Gasteiger partial charge in [0.2, 0.25) is 0 Å². The number of piperidine rings is 1. The van der Waals surface area contributed by atoms with Gasteiger partial charge in [0.1, 0.15) is 0 Å². The van der Waals surface area contributed by atoms with Crippen molar-refractivity contribution in [2.24, 2.45) is 17.1 Å². The molecule has 1 heterocycles. The number of hydrogen-bond acceptors (Lipinski definition) is 2. The maximum atomic E-state index is 6.03. The van der Waals surface area contributed by atoms with Crippen LogP contribution in [-0.2, 0) is 0 Å². The second-order valence-electron chi connectivity index (χ2n) is 5.66. The lowest BCUT2D eigenvalue weighted by molar-refractivity contribution is 0.142. The molecule has 0 aromatic rings. The Balaban J connectivity index is 1.87. The van der Waals surface area contributed by atoms with E-state index in [2.05, 4.69) is 5.32 Å². The van der Waals surface area contributed by atoms with Crippen LogP contribution in [0.5, 0.6) is 0 Å². The summed E-state index contributed by atoms with van der Waals surface area (Å²) in [4.78, 5) is 0. The zero-order valence-corrected chi connectivity index (χ0v) is 9.93. The monoisotopic (exact) mass is 210 g/mol. The lowest BCUT2D eigenvalue weighted by Gasteiger charge is -2.40. The van der Waals surface area contributed by atoms with Crippen molar-refractivity contribution >= 4 is 0 Å². The molecule has 2 heteroatoms. The zero-order chi connectivity index (χ0) is 10.6. The highest BCUT2D eigenvalue weighted by molar-refractivity contribution is 4.88. The van der Waals surface area contributed by atoms with Crippen molar-refractivity contribution in [3.05, 3.63) is 0 Å². The van der Waals surface area contributed by atoms with Gasteiger partial charge in [-0.2, -0.15) is 0 Å². The van der Waals surface area contributed by atoms with E-state index in [9.17, 15) is 0 Å². The molecule has 0 aromatic heterocycles. The molecule has 0 aromatic carbocycles. The van der Waals surface area contributed by atoms with Gasteiger partial charge in [-0.25, -0.2) is 0 Å². The molecule has 0 unspecified atom stereocenters. The Labute approximate surface area is 94.0 Å². The van der Waals surface area contributed by atoms with E-state index in [-0.39, 0.29) is 0 Å². The Morgan fingerprint density at radius 3 is 2.33 bits per heavy atom. The summed E-state index contributed by atoms with van der Waals surface area (Å²) in [6.07, 6.45) is 11.3.